The monoisotopic (exact) mass is 409 g/mol. The minimum atomic E-state index is 0.723. The summed E-state index contributed by atoms with van der Waals surface area (Å²) in [7, 11) is 0. The van der Waals surface area contributed by atoms with E-state index in [-0.39, 0.29) is 0 Å². The van der Waals surface area contributed by atoms with Crippen LogP contribution in [-0.2, 0) is 0 Å². The summed E-state index contributed by atoms with van der Waals surface area (Å²) in [6.07, 6.45) is 5.05. The van der Waals surface area contributed by atoms with Crippen molar-refractivity contribution in [3.05, 3.63) is 76.6 Å². The highest BCUT2D eigenvalue weighted by Crippen LogP contribution is 2.33. The van der Waals surface area contributed by atoms with Crippen LogP contribution in [0.4, 0.5) is 11.4 Å². The molecule has 142 valence electrons. The molecule has 0 bridgehead atoms. The first-order valence-corrected chi connectivity index (χ1v) is 10.5. The number of anilines is 1. The first kappa shape index (κ1) is 18.8. The van der Waals surface area contributed by atoms with Gasteiger partial charge in [-0.15, -0.1) is 0 Å². The number of amidine groups is 1. The average Bonchev–Trinajstić information content (AvgIpc) is 3.09. The fourth-order valence-electron chi connectivity index (χ4n) is 3.04. The van der Waals surface area contributed by atoms with Crippen molar-refractivity contribution >= 4 is 52.1 Å². The molecule has 1 aliphatic heterocycles. The molecule has 0 unspecified atom stereocenters. The van der Waals surface area contributed by atoms with E-state index in [2.05, 4.69) is 10.1 Å². The Kier molecular flexibility index (Phi) is 5.84. The molecule has 1 fully saturated rings. The predicted octanol–water partition coefficient (Wildman–Crippen LogP) is 6.44. The molecule has 4 rings (SSSR count). The van der Waals surface area contributed by atoms with Crippen molar-refractivity contribution < 1.29 is 4.52 Å². The van der Waals surface area contributed by atoms with Gasteiger partial charge in [0.2, 0.25) is 0 Å². The summed E-state index contributed by atoms with van der Waals surface area (Å²) in [6.45, 7) is 2.86. The molecule has 4 nitrogen and oxygen atoms in total. The zero-order valence-corrected chi connectivity index (χ0v) is 17.1. The predicted molar refractivity (Wildman–Crippen MR) is 120 cm³/mol. The molecule has 28 heavy (non-hydrogen) atoms. The van der Waals surface area contributed by atoms with Gasteiger partial charge in [-0.1, -0.05) is 64.9 Å². The normalized spacial score (nSPS) is 16.2. The average molecular weight is 410 g/mol. The summed E-state index contributed by atoms with van der Waals surface area (Å²) >= 11 is 7.73. The maximum absolute atomic E-state index is 5.97. The van der Waals surface area contributed by atoms with E-state index in [4.69, 9.17) is 21.1 Å². The lowest BCUT2D eigenvalue weighted by Crippen LogP contribution is -2.34. The van der Waals surface area contributed by atoms with E-state index in [0.29, 0.717) is 0 Å². The van der Waals surface area contributed by atoms with Gasteiger partial charge in [0.25, 0.3) is 0 Å². The van der Waals surface area contributed by atoms with Crippen molar-refractivity contribution in [2.24, 2.45) is 4.99 Å². The number of hydrogen-bond acceptors (Lipinski definition) is 4. The summed E-state index contributed by atoms with van der Waals surface area (Å²) in [5.74, 6) is 1.79. The van der Waals surface area contributed by atoms with Crippen LogP contribution in [0.5, 0.6) is 0 Å². The van der Waals surface area contributed by atoms with Gasteiger partial charge in [0.1, 0.15) is 11.4 Å². The molecule has 1 aromatic heterocycles. The van der Waals surface area contributed by atoms with E-state index < -0.39 is 0 Å². The highest BCUT2D eigenvalue weighted by molar-refractivity contribution is 8.14. The molecule has 0 atom stereocenters. The summed E-state index contributed by atoms with van der Waals surface area (Å²) in [5, 5.41) is 5.91. The molecule has 0 spiro atoms. The lowest BCUT2D eigenvalue weighted by Gasteiger charge is -2.29. The van der Waals surface area contributed by atoms with Crippen LogP contribution in [0.15, 0.2) is 64.1 Å². The van der Waals surface area contributed by atoms with Gasteiger partial charge in [0, 0.05) is 17.3 Å². The van der Waals surface area contributed by atoms with E-state index >= 15 is 0 Å². The molecule has 1 saturated heterocycles. The van der Waals surface area contributed by atoms with Crippen LogP contribution < -0.4 is 4.90 Å². The number of aromatic nitrogens is 1. The van der Waals surface area contributed by atoms with Crippen molar-refractivity contribution in [2.75, 3.05) is 17.2 Å². The van der Waals surface area contributed by atoms with Gasteiger partial charge in [0.05, 0.1) is 5.69 Å². The van der Waals surface area contributed by atoms with Crippen LogP contribution >= 0.6 is 23.4 Å². The van der Waals surface area contributed by atoms with Gasteiger partial charge >= 0.3 is 0 Å². The third kappa shape index (κ3) is 4.32. The molecule has 0 amide bonds. The summed E-state index contributed by atoms with van der Waals surface area (Å²) in [6, 6.07) is 17.7. The third-order valence-corrected chi connectivity index (χ3v) is 5.71. The summed E-state index contributed by atoms with van der Waals surface area (Å²) in [4.78, 5) is 7.08. The molecule has 0 aliphatic carbocycles. The number of benzene rings is 2. The molecule has 1 aliphatic rings. The molecule has 3 aromatic rings. The van der Waals surface area contributed by atoms with Crippen molar-refractivity contribution in [1.82, 2.24) is 5.16 Å². The zero-order valence-electron chi connectivity index (χ0n) is 15.5. The van der Waals surface area contributed by atoms with Gasteiger partial charge < -0.3 is 9.42 Å². The minimum Gasteiger partial charge on any atom is -0.354 e. The fraction of sp³-hybridized carbons (Fsp3) is 0.182. The van der Waals surface area contributed by atoms with Crippen molar-refractivity contribution in [3.8, 4) is 0 Å². The molecule has 2 aromatic carbocycles. The molecule has 6 heteroatoms. The Morgan fingerprint density at radius 2 is 1.89 bits per heavy atom. The van der Waals surface area contributed by atoms with Crippen LogP contribution in [-0.4, -0.2) is 22.6 Å². The second kappa shape index (κ2) is 8.67. The highest BCUT2D eigenvalue weighted by Gasteiger charge is 2.25. The van der Waals surface area contributed by atoms with E-state index in [1.807, 2.05) is 73.7 Å². The fourth-order valence-corrected chi connectivity index (χ4v) is 4.13. The van der Waals surface area contributed by atoms with Gasteiger partial charge in [-0.05, 0) is 49.2 Å². The van der Waals surface area contributed by atoms with Gasteiger partial charge in [-0.2, -0.15) is 0 Å². The number of nitrogens with zero attached hydrogens (tertiary/aromatic N) is 3. The van der Waals surface area contributed by atoms with Crippen LogP contribution in [0.1, 0.15) is 23.4 Å². The van der Waals surface area contributed by atoms with E-state index in [0.717, 1.165) is 57.3 Å². The Hall–Kier alpha value is -2.50. The van der Waals surface area contributed by atoms with Crippen LogP contribution in [0.2, 0.25) is 5.02 Å². The Balaban J connectivity index is 1.66. The number of rotatable bonds is 4. The Morgan fingerprint density at radius 1 is 1.11 bits per heavy atom. The molecule has 0 saturated carbocycles. The topological polar surface area (TPSA) is 41.6 Å². The number of thioether (sulfide) groups is 1. The molecular formula is C22H20ClN3OS. The lowest BCUT2D eigenvalue weighted by atomic mass is 10.2. The second-order valence-electron chi connectivity index (χ2n) is 6.45. The first-order valence-electron chi connectivity index (χ1n) is 9.15. The van der Waals surface area contributed by atoms with Gasteiger partial charge in [0.15, 0.2) is 10.9 Å². The SMILES string of the molecule is Cc1noc(/C=C/c2ccc(Cl)cc2)c1N1CCCSC1=Nc1ccccc1. The lowest BCUT2D eigenvalue weighted by molar-refractivity contribution is 0.408. The van der Waals surface area contributed by atoms with Crippen molar-refractivity contribution in [1.29, 1.82) is 0 Å². The first-order chi connectivity index (χ1) is 13.7. The number of hydrogen-bond donors (Lipinski definition) is 0. The van der Waals surface area contributed by atoms with Gasteiger partial charge in [-0.3, -0.25) is 0 Å². The summed E-state index contributed by atoms with van der Waals surface area (Å²) in [5.41, 5.74) is 3.84. The van der Waals surface area contributed by atoms with Crippen molar-refractivity contribution in [3.63, 3.8) is 0 Å². The molecule has 0 radical (unpaired) electrons. The van der Waals surface area contributed by atoms with Crippen LogP contribution in [0.3, 0.4) is 0 Å². The summed E-state index contributed by atoms with van der Waals surface area (Å²) < 4.78 is 5.62. The second-order valence-corrected chi connectivity index (χ2v) is 7.95. The van der Waals surface area contributed by atoms with Crippen LogP contribution in [0, 0.1) is 6.92 Å². The minimum absolute atomic E-state index is 0.723. The van der Waals surface area contributed by atoms with E-state index in [9.17, 15) is 0 Å². The number of halogens is 1. The largest absolute Gasteiger partial charge is 0.354 e. The Bertz CT molecular complexity index is 996. The van der Waals surface area contributed by atoms with E-state index in [1.165, 1.54) is 0 Å². The van der Waals surface area contributed by atoms with Gasteiger partial charge in [-0.25, -0.2) is 4.99 Å². The smallest absolute Gasteiger partial charge is 0.183 e. The molecule has 0 N–H and O–H groups in total. The number of aryl methyl sites for hydroxylation is 1. The van der Waals surface area contributed by atoms with Crippen LogP contribution in [0.25, 0.3) is 12.2 Å². The standard InChI is InChI=1S/C22H20ClN3OS/c1-16-21(20(27-25-16)13-10-17-8-11-18(23)12-9-17)26-14-5-15-28-22(26)24-19-6-3-2-4-7-19/h2-4,6-13H,5,14-15H2,1H3/b13-10+,24-22?. The molecule has 2 heterocycles. The maximum Gasteiger partial charge on any atom is 0.183 e. The highest BCUT2D eigenvalue weighted by atomic mass is 35.5. The molecular weight excluding hydrogens is 390 g/mol. The Labute approximate surface area is 173 Å². The number of aliphatic imine (C=N–C) groups is 1. The quantitative estimate of drug-likeness (QED) is 0.497. The third-order valence-electron chi connectivity index (χ3n) is 4.39. The van der Waals surface area contributed by atoms with Crippen molar-refractivity contribution in [2.45, 2.75) is 13.3 Å². The van der Waals surface area contributed by atoms with E-state index in [1.54, 1.807) is 11.8 Å². The maximum atomic E-state index is 5.97. The zero-order chi connectivity index (χ0) is 19.3. The Morgan fingerprint density at radius 3 is 2.68 bits per heavy atom. The number of para-hydroxylation sites is 1.